The number of Topliss-reactive ketones (excluding diaryl/α,β-unsaturated/α-hetero) is 1. The summed E-state index contributed by atoms with van der Waals surface area (Å²) >= 11 is 0. The van der Waals surface area contributed by atoms with Gasteiger partial charge in [-0.3, -0.25) is 4.79 Å². The predicted molar refractivity (Wildman–Crippen MR) is 63.7 cm³/mol. The van der Waals surface area contributed by atoms with Crippen molar-refractivity contribution in [2.24, 2.45) is 11.7 Å². The Morgan fingerprint density at radius 2 is 2.19 bits per heavy atom. The molecule has 1 fully saturated rings. The fourth-order valence-corrected chi connectivity index (χ4v) is 2.08. The Morgan fingerprint density at radius 3 is 2.81 bits per heavy atom. The predicted octanol–water partition coefficient (Wildman–Crippen LogP) is 1.71. The molecule has 0 radical (unpaired) electrons. The van der Waals surface area contributed by atoms with Gasteiger partial charge in [0.2, 0.25) is 0 Å². The Hall–Kier alpha value is -1.59. The van der Waals surface area contributed by atoms with E-state index in [1.54, 1.807) is 0 Å². The van der Waals surface area contributed by atoms with Gasteiger partial charge in [0.25, 0.3) is 0 Å². The maximum Gasteiger partial charge on any atom is 0.154 e. The second-order valence-electron chi connectivity index (χ2n) is 4.28. The number of rotatable bonds is 4. The first-order valence-electron chi connectivity index (χ1n) is 5.51. The molecule has 1 saturated carbocycles. The van der Waals surface area contributed by atoms with E-state index in [4.69, 9.17) is 12.2 Å². The summed E-state index contributed by atoms with van der Waals surface area (Å²) in [5.41, 5.74) is 6.95. The number of carbonyl (C=O) groups is 1. The van der Waals surface area contributed by atoms with Crippen LogP contribution < -0.4 is 5.73 Å². The lowest BCUT2D eigenvalue weighted by atomic mass is 10.0. The third kappa shape index (κ3) is 2.15. The van der Waals surface area contributed by atoms with E-state index in [1.807, 2.05) is 18.2 Å². The van der Waals surface area contributed by atoms with Crippen molar-refractivity contribution in [3.63, 3.8) is 0 Å². The molecular weight excluding hydrogens is 198 g/mol. The lowest BCUT2D eigenvalue weighted by molar-refractivity contribution is -0.121. The van der Waals surface area contributed by atoms with Gasteiger partial charge in [0.05, 0.1) is 6.04 Å². The van der Waals surface area contributed by atoms with Crippen molar-refractivity contribution < 1.29 is 4.79 Å². The minimum atomic E-state index is -0.483. The van der Waals surface area contributed by atoms with E-state index >= 15 is 0 Å². The SMILES string of the molecule is C#CCC(N)C(=O)C1CC1c1ccccc1. The van der Waals surface area contributed by atoms with Gasteiger partial charge < -0.3 is 5.73 Å². The summed E-state index contributed by atoms with van der Waals surface area (Å²) in [5.74, 6) is 3.00. The van der Waals surface area contributed by atoms with Crippen molar-refractivity contribution in [1.82, 2.24) is 0 Å². The van der Waals surface area contributed by atoms with E-state index in [1.165, 1.54) is 5.56 Å². The first-order valence-corrected chi connectivity index (χ1v) is 5.51. The van der Waals surface area contributed by atoms with Crippen LogP contribution in [0.3, 0.4) is 0 Å². The third-order valence-corrected chi connectivity index (χ3v) is 3.09. The molecule has 0 amide bonds. The molecule has 3 atom stereocenters. The summed E-state index contributed by atoms with van der Waals surface area (Å²) in [5, 5.41) is 0. The van der Waals surface area contributed by atoms with Crippen LogP contribution in [0, 0.1) is 18.3 Å². The highest BCUT2D eigenvalue weighted by molar-refractivity contribution is 5.89. The molecule has 3 unspecified atom stereocenters. The standard InChI is InChI=1S/C14H15NO/c1-2-6-13(15)14(16)12-9-11(12)10-7-4-3-5-8-10/h1,3-5,7-8,11-13H,6,9,15H2. The summed E-state index contributed by atoms with van der Waals surface area (Å²) < 4.78 is 0. The van der Waals surface area contributed by atoms with Gasteiger partial charge in [-0.15, -0.1) is 12.3 Å². The van der Waals surface area contributed by atoms with E-state index in [2.05, 4.69) is 18.1 Å². The molecule has 2 heteroatoms. The number of carbonyl (C=O) groups excluding carboxylic acids is 1. The molecule has 0 bridgehead atoms. The molecule has 0 spiro atoms. The van der Waals surface area contributed by atoms with Gasteiger partial charge in [-0.25, -0.2) is 0 Å². The van der Waals surface area contributed by atoms with E-state index < -0.39 is 6.04 Å². The lowest BCUT2D eigenvalue weighted by Crippen LogP contribution is -2.31. The normalized spacial score (nSPS) is 24.5. The van der Waals surface area contributed by atoms with Crippen molar-refractivity contribution in [1.29, 1.82) is 0 Å². The Balaban J connectivity index is 1.97. The molecule has 2 rings (SSSR count). The van der Waals surface area contributed by atoms with Gasteiger partial charge in [0, 0.05) is 12.3 Å². The van der Waals surface area contributed by atoms with Crippen LogP contribution >= 0.6 is 0 Å². The molecule has 1 aromatic carbocycles. The molecule has 1 aliphatic rings. The highest BCUT2D eigenvalue weighted by atomic mass is 16.1. The van der Waals surface area contributed by atoms with Crippen LogP contribution in [0.2, 0.25) is 0 Å². The van der Waals surface area contributed by atoms with Gasteiger partial charge in [-0.2, -0.15) is 0 Å². The molecule has 0 aromatic heterocycles. The van der Waals surface area contributed by atoms with Crippen molar-refractivity contribution in [2.75, 3.05) is 0 Å². The molecule has 82 valence electrons. The number of nitrogens with two attached hydrogens (primary N) is 1. The average Bonchev–Trinajstić information content (AvgIpc) is 3.09. The van der Waals surface area contributed by atoms with Crippen LogP contribution in [0.25, 0.3) is 0 Å². The number of hydrogen-bond acceptors (Lipinski definition) is 2. The number of benzene rings is 1. The zero-order valence-electron chi connectivity index (χ0n) is 9.10. The van der Waals surface area contributed by atoms with Crippen molar-refractivity contribution in [3.05, 3.63) is 35.9 Å². The molecule has 2 N–H and O–H groups in total. The first kappa shape index (κ1) is 10.9. The van der Waals surface area contributed by atoms with Gasteiger partial charge in [-0.1, -0.05) is 30.3 Å². The minimum Gasteiger partial charge on any atom is -0.321 e. The van der Waals surface area contributed by atoms with Crippen LogP contribution in [0.15, 0.2) is 30.3 Å². The van der Waals surface area contributed by atoms with Gasteiger partial charge in [-0.05, 0) is 17.9 Å². The quantitative estimate of drug-likeness (QED) is 0.774. The second kappa shape index (κ2) is 4.51. The van der Waals surface area contributed by atoms with Gasteiger partial charge in [0.1, 0.15) is 0 Å². The van der Waals surface area contributed by atoms with Crippen molar-refractivity contribution >= 4 is 5.78 Å². The summed E-state index contributed by atoms with van der Waals surface area (Å²) in [7, 11) is 0. The molecular formula is C14H15NO. The molecule has 1 aliphatic carbocycles. The Bertz CT molecular complexity index is 418. The van der Waals surface area contributed by atoms with E-state index in [9.17, 15) is 4.79 Å². The van der Waals surface area contributed by atoms with Crippen molar-refractivity contribution in [2.45, 2.75) is 24.8 Å². The first-order chi connectivity index (χ1) is 7.74. The molecule has 0 saturated heterocycles. The zero-order valence-corrected chi connectivity index (χ0v) is 9.10. The Morgan fingerprint density at radius 1 is 1.50 bits per heavy atom. The fraction of sp³-hybridized carbons (Fsp3) is 0.357. The Kier molecular flexibility index (Phi) is 3.07. The summed E-state index contributed by atoms with van der Waals surface area (Å²) in [6.07, 6.45) is 6.41. The maximum absolute atomic E-state index is 11.9. The van der Waals surface area contributed by atoms with Crippen molar-refractivity contribution in [3.8, 4) is 12.3 Å². The second-order valence-corrected chi connectivity index (χ2v) is 4.28. The molecule has 0 aliphatic heterocycles. The average molecular weight is 213 g/mol. The molecule has 16 heavy (non-hydrogen) atoms. The Labute approximate surface area is 95.8 Å². The smallest absolute Gasteiger partial charge is 0.154 e. The van der Waals surface area contributed by atoms with E-state index in [0.29, 0.717) is 12.3 Å². The molecule has 2 nitrogen and oxygen atoms in total. The van der Waals surface area contributed by atoms with Crippen LogP contribution in [0.5, 0.6) is 0 Å². The third-order valence-electron chi connectivity index (χ3n) is 3.09. The zero-order chi connectivity index (χ0) is 11.5. The molecule has 1 aromatic rings. The summed E-state index contributed by atoms with van der Waals surface area (Å²) in [4.78, 5) is 11.9. The number of hydrogen-bond donors (Lipinski definition) is 1. The van der Waals surface area contributed by atoms with Crippen LogP contribution in [-0.2, 0) is 4.79 Å². The maximum atomic E-state index is 11.9. The van der Waals surface area contributed by atoms with E-state index in [0.717, 1.165) is 6.42 Å². The van der Waals surface area contributed by atoms with Crippen LogP contribution in [0.4, 0.5) is 0 Å². The monoisotopic (exact) mass is 213 g/mol. The minimum absolute atomic E-state index is 0.0887. The number of ketones is 1. The largest absolute Gasteiger partial charge is 0.321 e. The lowest BCUT2D eigenvalue weighted by Gasteiger charge is -2.06. The summed E-state index contributed by atoms with van der Waals surface area (Å²) in [6.45, 7) is 0. The topological polar surface area (TPSA) is 43.1 Å². The molecule has 0 heterocycles. The van der Waals surface area contributed by atoms with E-state index in [-0.39, 0.29) is 11.7 Å². The van der Waals surface area contributed by atoms with Crippen LogP contribution in [0.1, 0.15) is 24.3 Å². The highest BCUT2D eigenvalue weighted by Crippen LogP contribution is 2.48. The fourth-order valence-electron chi connectivity index (χ4n) is 2.08. The van der Waals surface area contributed by atoms with Gasteiger partial charge >= 0.3 is 0 Å². The van der Waals surface area contributed by atoms with Gasteiger partial charge in [0.15, 0.2) is 5.78 Å². The highest BCUT2D eigenvalue weighted by Gasteiger charge is 2.44. The van der Waals surface area contributed by atoms with Crippen LogP contribution in [-0.4, -0.2) is 11.8 Å². The number of terminal acetylenes is 1. The summed E-state index contributed by atoms with van der Waals surface area (Å²) in [6, 6.07) is 9.61.